The largest absolute Gasteiger partial charge is 0.481 e. The zero-order valence-electron chi connectivity index (χ0n) is 9.80. The first-order valence-corrected chi connectivity index (χ1v) is 6.17. The Morgan fingerprint density at radius 3 is 2.79 bits per heavy atom. The van der Waals surface area contributed by atoms with Gasteiger partial charge in [0.05, 0.1) is 11.3 Å². The molecular formula is C11H9F2N3O2S. The van der Waals surface area contributed by atoms with Gasteiger partial charge in [-0.2, -0.15) is 0 Å². The molecule has 8 heteroatoms. The van der Waals surface area contributed by atoms with Gasteiger partial charge in [-0.3, -0.25) is 4.79 Å². The Hall–Kier alpha value is -1.96. The van der Waals surface area contributed by atoms with Crippen molar-refractivity contribution >= 4 is 17.7 Å². The molecule has 0 fully saturated rings. The number of carboxylic acids is 1. The predicted molar refractivity (Wildman–Crippen MR) is 64.7 cm³/mol. The van der Waals surface area contributed by atoms with Crippen molar-refractivity contribution in [3.05, 3.63) is 29.8 Å². The molecule has 2 rings (SSSR count). The van der Waals surface area contributed by atoms with Crippen LogP contribution in [-0.4, -0.2) is 31.6 Å². The number of hydrogen-bond donors (Lipinski definition) is 1. The Balaban J connectivity index is 2.33. The molecule has 1 N–H and O–H groups in total. The van der Waals surface area contributed by atoms with E-state index >= 15 is 0 Å². The van der Waals surface area contributed by atoms with Gasteiger partial charge in [-0.25, -0.2) is 8.78 Å². The lowest BCUT2D eigenvalue weighted by Gasteiger charge is -2.04. The van der Waals surface area contributed by atoms with Crippen molar-refractivity contribution in [1.29, 1.82) is 0 Å². The van der Waals surface area contributed by atoms with Crippen molar-refractivity contribution < 1.29 is 18.7 Å². The Morgan fingerprint density at radius 1 is 1.42 bits per heavy atom. The average molecular weight is 285 g/mol. The van der Waals surface area contributed by atoms with Crippen LogP contribution in [0.25, 0.3) is 11.4 Å². The predicted octanol–water partition coefficient (Wildman–Crippen LogP) is 1.94. The van der Waals surface area contributed by atoms with E-state index in [1.54, 1.807) is 7.05 Å². The summed E-state index contributed by atoms with van der Waals surface area (Å²) in [5.74, 6) is -2.36. The van der Waals surface area contributed by atoms with Gasteiger partial charge >= 0.3 is 5.97 Å². The van der Waals surface area contributed by atoms with Crippen molar-refractivity contribution in [1.82, 2.24) is 14.8 Å². The van der Waals surface area contributed by atoms with Crippen molar-refractivity contribution in [3.8, 4) is 11.4 Å². The molecule has 1 heterocycles. The molecule has 0 aliphatic rings. The monoisotopic (exact) mass is 285 g/mol. The summed E-state index contributed by atoms with van der Waals surface area (Å²) in [5, 5.41) is 16.5. The summed E-state index contributed by atoms with van der Waals surface area (Å²) in [6, 6.07) is 3.14. The van der Waals surface area contributed by atoms with Crippen molar-refractivity contribution in [2.75, 3.05) is 5.75 Å². The quantitative estimate of drug-likeness (QED) is 0.869. The van der Waals surface area contributed by atoms with E-state index in [-0.39, 0.29) is 17.1 Å². The van der Waals surface area contributed by atoms with E-state index in [1.165, 1.54) is 10.6 Å². The van der Waals surface area contributed by atoms with Crippen LogP contribution in [0.1, 0.15) is 0 Å². The number of hydrogen-bond acceptors (Lipinski definition) is 4. The third-order valence-electron chi connectivity index (χ3n) is 2.33. The minimum Gasteiger partial charge on any atom is -0.481 e. The van der Waals surface area contributed by atoms with E-state index in [0.29, 0.717) is 5.16 Å². The molecule has 0 amide bonds. The second kappa shape index (κ2) is 5.35. The molecule has 0 saturated carbocycles. The normalized spacial score (nSPS) is 10.7. The number of aromatic nitrogens is 3. The van der Waals surface area contributed by atoms with Gasteiger partial charge in [-0.1, -0.05) is 11.8 Å². The van der Waals surface area contributed by atoms with E-state index in [4.69, 9.17) is 5.11 Å². The van der Waals surface area contributed by atoms with Crippen LogP contribution >= 0.6 is 11.8 Å². The van der Waals surface area contributed by atoms with Crippen LogP contribution in [0.4, 0.5) is 8.78 Å². The lowest BCUT2D eigenvalue weighted by atomic mass is 10.2. The molecule has 0 unspecified atom stereocenters. The lowest BCUT2D eigenvalue weighted by Crippen LogP contribution is -2.01. The smallest absolute Gasteiger partial charge is 0.313 e. The first-order valence-electron chi connectivity index (χ1n) is 5.18. The number of carbonyl (C=O) groups is 1. The lowest BCUT2D eigenvalue weighted by molar-refractivity contribution is -0.133. The summed E-state index contributed by atoms with van der Waals surface area (Å²) >= 11 is 0.973. The molecule has 2 aromatic rings. The maximum absolute atomic E-state index is 13.6. The highest BCUT2D eigenvalue weighted by Crippen LogP contribution is 2.25. The summed E-state index contributed by atoms with van der Waals surface area (Å²) in [4.78, 5) is 10.5. The molecule has 0 radical (unpaired) electrons. The van der Waals surface area contributed by atoms with Gasteiger partial charge in [-0.15, -0.1) is 10.2 Å². The molecule has 0 aliphatic heterocycles. The van der Waals surface area contributed by atoms with E-state index in [1.807, 2.05) is 0 Å². The highest BCUT2D eigenvalue weighted by Gasteiger charge is 2.15. The molecule has 5 nitrogen and oxygen atoms in total. The summed E-state index contributed by atoms with van der Waals surface area (Å²) in [6.07, 6.45) is 0. The third kappa shape index (κ3) is 2.90. The van der Waals surface area contributed by atoms with Crippen LogP contribution in [-0.2, 0) is 11.8 Å². The van der Waals surface area contributed by atoms with Gasteiger partial charge < -0.3 is 9.67 Å². The highest BCUT2D eigenvalue weighted by atomic mass is 32.2. The minimum absolute atomic E-state index is 0.110. The van der Waals surface area contributed by atoms with E-state index in [9.17, 15) is 13.6 Å². The highest BCUT2D eigenvalue weighted by molar-refractivity contribution is 7.99. The van der Waals surface area contributed by atoms with Crippen molar-refractivity contribution in [2.24, 2.45) is 7.05 Å². The van der Waals surface area contributed by atoms with E-state index in [0.717, 1.165) is 23.9 Å². The Morgan fingerprint density at radius 2 is 2.16 bits per heavy atom. The van der Waals surface area contributed by atoms with Crippen LogP contribution in [0, 0.1) is 11.6 Å². The van der Waals surface area contributed by atoms with Crippen LogP contribution in [0.3, 0.4) is 0 Å². The second-order valence-corrected chi connectivity index (χ2v) is 4.61. The Bertz CT molecular complexity index is 630. The molecule has 0 saturated heterocycles. The molecule has 0 spiro atoms. The summed E-state index contributed by atoms with van der Waals surface area (Å²) in [5.41, 5.74) is 0.110. The molecule has 0 atom stereocenters. The maximum Gasteiger partial charge on any atom is 0.313 e. The first-order chi connectivity index (χ1) is 8.99. The standard InChI is InChI=1S/C11H9F2N3O2S/c1-16-10(7-3-2-6(12)4-8(7)13)14-15-11(16)19-5-9(17)18/h2-4H,5H2,1H3,(H,17,18). The van der Waals surface area contributed by atoms with Crippen molar-refractivity contribution in [2.45, 2.75) is 5.16 Å². The van der Waals surface area contributed by atoms with E-state index < -0.39 is 17.6 Å². The summed E-state index contributed by atoms with van der Waals surface area (Å²) in [7, 11) is 1.59. The van der Waals surface area contributed by atoms with Crippen LogP contribution in [0.5, 0.6) is 0 Å². The maximum atomic E-state index is 13.6. The fraction of sp³-hybridized carbons (Fsp3) is 0.182. The summed E-state index contributed by atoms with van der Waals surface area (Å²) < 4.78 is 27.9. The van der Waals surface area contributed by atoms with Crippen molar-refractivity contribution in [3.63, 3.8) is 0 Å². The molecule has 0 aliphatic carbocycles. The van der Waals surface area contributed by atoms with Gasteiger partial charge in [0.25, 0.3) is 0 Å². The number of aliphatic carboxylic acids is 1. The Kier molecular flexibility index (Phi) is 3.79. The zero-order chi connectivity index (χ0) is 14.0. The zero-order valence-corrected chi connectivity index (χ0v) is 10.6. The molecule has 1 aromatic heterocycles. The van der Waals surface area contributed by atoms with Crippen LogP contribution in [0.15, 0.2) is 23.4 Å². The average Bonchev–Trinajstić information content (AvgIpc) is 2.68. The molecule has 0 bridgehead atoms. The fourth-order valence-electron chi connectivity index (χ4n) is 1.47. The Labute approximate surface area is 111 Å². The van der Waals surface area contributed by atoms with Gasteiger partial charge in [-0.05, 0) is 12.1 Å². The topological polar surface area (TPSA) is 68.0 Å². The molecule has 100 valence electrons. The van der Waals surface area contributed by atoms with Gasteiger partial charge in [0.1, 0.15) is 11.6 Å². The second-order valence-electron chi connectivity index (χ2n) is 3.67. The number of halogens is 2. The number of benzene rings is 1. The number of carboxylic acid groups (broad SMARTS) is 1. The number of nitrogens with zero attached hydrogens (tertiary/aromatic N) is 3. The summed E-state index contributed by atoms with van der Waals surface area (Å²) in [6.45, 7) is 0. The van der Waals surface area contributed by atoms with Gasteiger partial charge in [0.2, 0.25) is 0 Å². The fourth-order valence-corrected chi connectivity index (χ4v) is 2.10. The van der Waals surface area contributed by atoms with Crippen LogP contribution < -0.4 is 0 Å². The number of rotatable bonds is 4. The SMILES string of the molecule is Cn1c(SCC(=O)O)nnc1-c1ccc(F)cc1F. The van der Waals surface area contributed by atoms with Gasteiger partial charge in [0, 0.05) is 13.1 Å². The third-order valence-corrected chi connectivity index (χ3v) is 3.34. The molecule has 1 aromatic carbocycles. The van der Waals surface area contributed by atoms with Crippen LogP contribution in [0.2, 0.25) is 0 Å². The van der Waals surface area contributed by atoms with E-state index in [2.05, 4.69) is 10.2 Å². The molecule has 19 heavy (non-hydrogen) atoms. The van der Waals surface area contributed by atoms with Gasteiger partial charge in [0.15, 0.2) is 11.0 Å². The molecular weight excluding hydrogens is 276 g/mol. The first kappa shape index (κ1) is 13.5. The minimum atomic E-state index is -0.984. The number of thioether (sulfide) groups is 1.